The summed E-state index contributed by atoms with van der Waals surface area (Å²) in [7, 11) is 1.64. The number of furan rings is 1. The number of ether oxygens (including phenoxy) is 1. The van der Waals surface area contributed by atoms with Crippen LogP contribution in [0, 0.1) is 6.92 Å². The summed E-state index contributed by atoms with van der Waals surface area (Å²) in [6.07, 6.45) is 0. The van der Waals surface area contributed by atoms with Crippen LogP contribution < -0.4 is 16.0 Å². The van der Waals surface area contributed by atoms with Crippen LogP contribution in [0.25, 0.3) is 0 Å². The predicted octanol–water partition coefficient (Wildman–Crippen LogP) is 2.15. The van der Waals surface area contributed by atoms with Crippen molar-refractivity contribution in [3.05, 3.63) is 53.5 Å². The van der Waals surface area contributed by atoms with Gasteiger partial charge in [0.25, 0.3) is 0 Å². The number of nitrogens with one attached hydrogen (secondary N) is 1. The lowest BCUT2D eigenvalue weighted by Gasteiger charge is -2.14. The maximum atomic E-state index is 5.58. The van der Waals surface area contributed by atoms with Crippen molar-refractivity contribution in [3.63, 3.8) is 0 Å². The van der Waals surface area contributed by atoms with Gasteiger partial charge in [0.05, 0.1) is 7.11 Å². The zero-order valence-corrected chi connectivity index (χ0v) is 9.94. The highest BCUT2D eigenvalue weighted by atomic mass is 16.5. The third-order valence-electron chi connectivity index (χ3n) is 2.66. The van der Waals surface area contributed by atoms with Gasteiger partial charge in [-0.3, -0.25) is 5.84 Å². The highest BCUT2D eigenvalue weighted by Crippen LogP contribution is 2.24. The third-order valence-corrected chi connectivity index (χ3v) is 2.66. The minimum absolute atomic E-state index is 0.144. The van der Waals surface area contributed by atoms with Crippen molar-refractivity contribution in [2.24, 2.45) is 5.84 Å². The lowest BCUT2D eigenvalue weighted by molar-refractivity contribution is 0.413. The fourth-order valence-corrected chi connectivity index (χ4v) is 1.75. The van der Waals surface area contributed by atoms with E-state index in [0.29, 0.717) is 0 Å². The first kappa shape index (κ1) is 11.7. The van der Waals surface area contributed by atoms with E-state index in [0.717, 1.165) is 22.8 Å². The Kier molecular flexibility index (Phi) is 3.46. The summed E-state index contributed by atoms with van der Waals surface area (Å²) in [4.78, 5) is 0. The lowest BCUT2D eigenvalue weighted by Crippen LogP contribution is -2.28. The SMILES string of the molecule is COc1ccc(C(NN)c2ccc(C)o2)cc1. The van der Waals surface area contributed by atoms with Crippen LogP contribution in [-0.2, 0) is 0 Å². The quantitative estimate of drug-likeness (QED) is 0.626. The highest BCUT2D eigenvalue weighted by Gasteiger charge is 2.15. The monoisotopic (exact) mass is 232 g/mol. The molecule has 3 N–H and O–H groups in total. The second-order valence-corrected chi connectivity index (χ2v) is 3.82. The number of rotatable bonds is 4. The Morgan fingerprint density at radius 3 is 2.35 bits per heavy atom. The second-order valence-electron chi connectivity index (χ2n) is 3.82. The predicted molar refractivity (Wildman–Crippen MR) is 65.6 cm³/mol. The Hall–Kier alpha value is -1.78. The summed E-state index contributed by atoms with van der Waals surface area (Å²) in [6, 6.07) is 11.4. The molecule has 1 aromatic carbocycles. The fraction of sp³-hybridized carbons (Fsp3) is 0.231. The van der Waals surface area contributed by atoms with Crippen LogP contribution in [0.3, 0.4) is 0 Å². The molecule has 1 heterocycles. The van der Waals surface area contributed by atoms with E-state index in [4.69, 9.17) is 15.0 Å². The molecule has 1 unspecified atom stereocenters. The van der Waals surface area contributed by atoms with E-state index in [1.165, 1.54) is 0 Å². The number of hydrogen-bond acceptors (Lipinski definition) is 4. The van der Waals surface area contributed by atoms with Crippen molar-refractivity contribution in [1.29, 1.82) is 0 Å². The summed E-state index contributed by atoms with van der Waals surface area (Å²) >= 11 is 0. The molecule has 4 nitrogen and oxygen atoms in total. The van der Waals surface area contributed by atoms with Crippen molar-refractivity contribution >= 4 is 0 Å². The van der Waals surface area contributed by atoms with Crippen LogP contribution in [0.1, 0.15) is 23.1 Å². The van der Waals surface area contributed by atoms with Gasteiger partial charge in [-0.2, -0.15) is 0 Å². The van der Waals surface area contributed by atoms with E-state index in [-0.39, 0.29) is 6.04 Å². The van der Waals surface area contributed by atoms with Gasteiger partial charge in [-0.25, -0.2) is 5.43 Å². The minimum Gasteiger partial charge on any atom is -0.497 e. The number of aryl methyl sites for hydroxylation is 1. The standard InChI is InChI=1S/C13H16N2O2/c1-9-3-8-12(17-9)13(15-14)10-4-6-11(16-2)7-5-10/h3-8,13,15H,14H2,1-2H3. The van der Waals surface area contributed by atoms with E-state index in [1.54, 1.807) is 7.11 Å². The minimum atomic E-state index is -0.144. The molecule has 0 saturated heterocycles. The van der Waals surface area contributed by atoms with Gasteiger partial charge in [-0.1, -0.05) is 12.1 Å². The Bertz CT molecular complexity index is 476. The molecule has 0 amide bonds. The van der Waals surface area contributed by atoms with Crippen LogP contribution in [0.5, 0.6) is 5.75 Å². The molecule has 1 aromatic heterocycles. The summed E-state index contributed by atoms with van der Waals surface area (Å²) in [6.45, 7) is 1.91. The number of benzene rings is 1. The molecule has 0 fully saturated rings. The van der Waals surface area contributed by atoms with Crippen LogP contribution in [-0.4, -0.2) is 7.11 Å². The molecule has 0 spiro atoms. The zero-order valence-electron chi connectivity index (χ0n) is 9.94. The summed E-state index contributed by atoms with van der Waals surface area (Å²) in [5.41, 5.74) is 3.78. The Morgan fingerprint density at radius 1 is 1.18 bits per heavy atom. The van der Waals surface area contributed by atoms with Gasteiger partial charge in [0.15, 0.2) is 0 Å². The molecule has 17 heavy (non-hydrogen) atoms. The van der Waals surface area contributed by atoms with Gasteiger partial charge >= 0.3 is 0 Å². The van der Waals surface area contributed by atoms with Crippen LogP contribution in [0.4, 0.5) is 0 Å². The van der Waals surface area contributed by atoms with E-state index in [9.17, 15) is 0 Å². The molecule has 0 aliphatic heterocycles. The van der Waals surface area contributed by atoms with Crippen molar-refractivity contribution < 1.29 is 9.15 Å². The molecule has 2 aromatic rings. The van der Waals surface area contributed by atoms with Crippen LogP contribution in [0.2, 0.25) is 0 Å². The average Bonchev–Trinajstić information content (AvgIpc) is 2.78. The number of hydrazine groups is 1. The Balaban J connectivity index is 2.28. The Morgan fingerprint density at radius 2 is 1.88 bits per heavy atom. The van der Waals surface area contributed by atoms with E-state index >= 15 is 0 Å². The van der Waals surface area contributed by atoms with Crippen molar-refractivity contribution in [3.8, 4) is 5.75 Å². The van der Waals surface area contributed by atoms with Gasteiger partial charge in [0.2, 0.25) is 0 Å². The molecule has 2 rings (SSSR count). The molecular formula is C13H16N2O2. The van der Waals surface area contributed by atoms with E-state index in [2.05, 4.69) is 5.43 Å². The molecule has 4 heteroatoms. The van der Waals surface area contributed by atoms with Gasteiger partial charge in [-0.05, 0) is 36.8 Å². The summed E-state index contributed by atoms with van der Waals surface area (Å²) in [5, 5.41) is 0. The lowest BCUT2D eigenvalue weighted by atomic mass is 10.1. The number of nitrogens with two attached hydrogens (primary N) is 1. The maximum Gasteiger partial charge on any atom is 0.126 e. The first-order chi connectivity index (χ1) is 8.24. The highest BCUT2D eigenvalue weighted by molar-refractivity contribution is 5.32. The van der Waals surface area contributed by atoms with Crippen molar-refractivity contribution in [2.75, 3.05) is 7.11 Å². The molecule has 90 valence electrons. The smallest absolute Gasteiger partial charge is 0.126 e. The summed E-state index contributed by atoms with van der Waals surface area (Å²) < 4.78 is 10.7. The summed E-state index contributed by atoms with van der Waals surface area (Å²) in [5.74, 6) is 8.07. The second kappa shape index (κ2) is 5.03. The first-order valence-corrected chi connectivity index (χ1v) is 5.41. The Labute approximate surface area is 100 Å². The van der Waals surface area contributed by atoms with E-state index in [1.807, 2.05) is 43.3 Å². The average molecular weight is 232 g/mol. The van der Waals surface area contributed by atoms with Crippen LogP contribution >= 0.6 is 0 Å². The van der Waals surface area contributed by atoms with Crippen LogP contribution in [0.15, 0.2) is 40.8 Å². The third kappa shape index (κ3) is 2.49. The zero-order chi connectivity index (χ0) is 12.3. The number of methoxy groups -OCH3 is 1. The van der Waals surface area contributed by atoms with Gasteiger partial charge < -0.3 is 9.15 Å². The first-order valence-electron chi connectivity index (χ1n) is 5.41. The van der Waals surface area contributed by atoms with Gasteiger partial charge in [0.1, 0.15) is 23.3 Å². The van der Waals surface area contributed by atoms with E-state index < -0.39 is 0 Å². The molecular weight excluding hydrogens is 216 g/mol. The van der Waals surface area contributed by atoms with Gasteiger partial charge in [0, 0.05) is 0 Å². The largest absolute Gasteiger partial charge is 0.497 e. The molecule has 0 aliphatic rings. The number of hydrogen-bond donors (Lipinski definition) is 2. The van der Waals surface area contributed by atoms with Gasteiger partial charge in [-0.15, -0.1) is 0 Å². The fourth-order valence-electron chi connectivity index (χ4n) is 1.75. The van der Waals surface area contributed by atoms with Crippen molar-refractivity contribution in [1.82, 2.24) is 5.43 Å². The maximum absolute atomic E-state index is 5.58. The topological polar surface area (TPSA) is 60.4 Å². The molecule has 1 atom stereocenters. The molecule has 0 bridgehead atoms. The molecule has 0 radical (unpaired) electrons. The normalized spacial score (nSPS) is 12.4. The molecule has 0 saturated carbocycles. The molecule has 0 aliphatic carbocycles. The van der Waals surface area contributed by atoms with Crippen molar-refractivity contribution in [2.45, 2.75) is 13.0 Å².